The first-order valence-electron chi connectivity index (χ1n) is 6.43. The summed E-state index contributed by atoms with van der Waals surface area (Å²) in [5.41, 5.74) is 1.49. The molecule has 110 valence electrons. The number of aryl methyl sites for hydroxylation is 1. The van der Waals surface area contributed by atoms with Gasteiger partial charge in [-0.15, -0.1) is 0 Å². The van der Waals surface area contributed by atoms with Crippen LogP contribution in [0.1, 0.15) is 17.8 Å². The zero-order valence-electron chi connectivity index (χ0n) is 11.3. The van der Waals surface area contributed by atoms with Crippen molar-refractivity contribution in [1.29, 1.82) is 0 Å². The summed E-state index contributed by atoms with van der Waals surface area (Å²) in [6.07, 6.45) is 3.40. The number of sulfone groups is 1. The third-order valence-corrected chi connectivity index (χ3v) is 4.77. The van der Waals surface area contributed by atoms with Crippen molar-refractivity contribution in [2.45, 2.75) is 25.9 Å². The molecule has 2 N–H and O–H groups in total. The molecule has 8 heteroatoms. The molecule has 2 rings (SSSR count). The number of nitrogens with zero attached hydrogens (tertiary/aromatic N) is 2. The molecule has 0 saturated carbocycles. The SMILES string of the molecule is Cc1cnc(CNC(=O)CC2CS(=O)(=O)CCN2)cn1. The summed E-state index contributed by atoms with van der Waals surface area (Å²) in [4.78, 5) is 20.0. The number of aromatic nitrogens is 2. The van der Waals surface area contributed by atoms with Crippen LogP contribution in [0.4, 0.5) is 0 Å². The van der Waals surface area contributed by atoms with Gasteiger partial charge in [0.25, 0.3) is 0 Å². The Hall–Kier alpha value is -1.54. The van der Waals surface area contributed by atoms with E-state index in [2.05, 4.69) is 20.6 Å². The average Bonchev–Trinajstić information content (AvgIpc) is 2.37. The molecule has 1 aromatic heterocycles. The van der Waals surface area contributed by atoms with Crippen molar-refractivity contribution in [2.24, 2.45) is 0 Å². The monoisotopic (exact) mass is 298 g/mol. The van der Waals surface area contributed by atoms with E-state index in [1.807, 2.05) is 6.92 Å². The number of amides is 1. The van der Waals surface area contributed by atoms with E-state index in [-0.39, 0.29) is 29.9 Å². The standard InChI is InChI=1S/C12H18N4O3S/c1-9-5-15-11(6-14-9)7-16-12(17)4-10-8-20(18,19)3-2-13-10/h5-6,10,13H,2-4,7-8H2,1H3,(H,16,17). The molecule has 0 radical (unpaired) electrons. The summed E-state index contributed by atoms with van der Waals surface area (Å²) < 4.78 is 22.9. The third kappa shape index (κ3) is 4.53. The van der Waals surface area contributed by atoms with Crippen LogP contribution < -0.4 is 10.6 Å². The molecule has 1 fully saturated rings. The summed E-state index contributed by atoms with van der Waals surface area (Å²) in [7, 11) is -3.01. The molecule has 1 unspecified atom stereocenters. The molecule has 1 aliphatic heterocycles. The minimum absolute atomic E-state index is 0.0186. The lowest BCUT2D eigenvalue weighted by atomic mass is 10.2. The number of nitrogens with one attached hydrogen (secondary N) is 2. The molecule has 1 aliphatic rings. The van der Waals surface area contributed by atoms with Crippen LogP contribution in [0.25, 0.3) is 0 Å². The van der Waals surface area contributed by atoms with Gasteiger partial charge in [0, 0.05) is 25.2 Å². The van der Waals surface area contributed by atoms with Gasteiger partial charge in [-0.1, -0.05) is 0 Å². The lowest BCUT2D eigenvalue weighted by Gasteiger charge is -2.23. The molecule has 1 aromatic rings. The highest BCUT2D eigenvalue weighted by atomic mass is 32.2. The van der Waals surface area contributed by atoms with Crippen molar-refractivity contribution in [3.05, 3.63) is 23.8 Å². The molecule has 7 nitrogen and oxygen atoms in total. The van der Waals surface area contributed by atoms with E-state index in [9.17, 15) is 13.2 Å². The van der Waals surface area contributed by atoms with Crippen molar-refractivity contribution in [3.63, 3.8) is 0 Å². The second-order valence-corrected chi connectivity index (χ2v) is 7.12. The molecule has 1 atom stereocenters. The van der Waals surface area contributed by atoms with E-state index in [4.69, 9.17) is 0 Å². The van der Waals surface area contributed by atoms with Gasteiger partial charge in [-0.2, -0.15) is 0 Å². The van der Waals surface area contributed by atoms with Gasteiger partial charge in [0.15, 0.2) is 9.84 Å². The zero-order chi connectivity index (χ0) is 14.6. The van der Waals surface area contributed by atoms with Gasteiger partial charge in [-0.3, -0.25) is 14.8 Å². The van der Waals surface area contributed by atoms with Crippen LogP contribution in [-0.2, 0) is 21.2 Å². The highest BCUT2D eigenvalue weighted by Gasteiger charge is 2.25. The van der Waals surface area contributed by atoms with Crippen LogP contribution >= 0.6 is 0 Å². The van der Waals surface area contributed by atoms with Gasteiger partial charge in [-0.05, 0) is 6.92 Å². The summed E-state index contributed by atoms with van der Waals surface area (Å²) in [6.45, 7) is 2.54. The number of hydrogen-bond acceptors (Lipinski definition) is 6. The van der Waals surface area contributed by atoms with E-state index in [0.717, 1.165) is 5.69 Å². The fourth-order valence-corrected chi connectivity index (χ4v) is 3.44. The largest absolute Gasteiger partial charge is 0.350 e. The number of hydrogen-bond donors (Lipinski definition) is 2. The topological polar surface area (TPSA) is 101 Å². The number of carbonyl (C=O) groups excluding carboxylic acids is 1. The quantitative estimate of drug-likeness (QED) is 0.753. The molecule has 20 heavy (non-hydrogen) atoms. The van der Waals surface area contributed by atoms with E-state index in [1.165, 1.54) is 0 Å². The van der Waals surface area contributed by atoms with Gasteiger partial charge in [-0.25, -0.2) is 8.42 Å². The maximum atomic E-state index is 11.8. The van der Waals surface area contributed by atoms with Gasteiger partial charge >= 0.3 is 0 Å². The molecule has 1 amide bonds. The Kier molecular flexibility index (Phi) is 4.66. The fraction of sp³-hybridized carbons (Fsp3) is 0.583. The maximum absolute atomic E-state index is 11.8. The molecule has 0 aromatic carbocycles. The summed E-state index contributed by atoms with van der Waals surface area (Å²) in [5, 5.41) is 5.76. The highest BCUT2D eigenvalue weighted by Crippen LogP contribution is 2.05. The summed E-state index contributed by atoms with van der Waals surface area (Å²) in [6, 6.07) is -0.308. The van der Waals surface area contributed by atoms with E-state index < -0.39 is 9.84 Å². The number of carbonyl (C=O) groups is 1. The van der Waals surface area contributed by atoms with E-state index in [1.54, 1.807) is 12.4 Å². The van der Waals surface area contributed by atoms with Crippen molar-refractivity contribution < 1.29 is 13.2 Å². The Bertz CT molecular complexity index is 571. The van der Waals surface area contributed by atoms with Crippen molar-refractivity contribution in [2.75, 3.05) is 18.1 Å². The average molecular weight is 298 g/mol. The van der Waals surface area contributed by atoms with Gasteiger partial charge < -0.3 is 10.6 Å². The van der Waals surface area contributed by atoms with Gasteiger partial charge in [0.2, 0.25) is 5.91 Å². The van der Waals surface area contributed by atoms with Crippen LogP contribution in [0, 0.1) is 6.92 Å². The Balaban J connectivity index is 1.79. The van der Waals surface area contributed by atoms with Gasteiger partial charge in [0.05, 0.1) is 35.6 Å². The minimum atomic E-state index is -3.01. The van der Waals surface area contributed by atoms with E-state index >= 15 is 0 Å². The molecule has 0 aliphatic carbocycles. The first-order chi connectivity index (χ1) is 9.44. The minimum Gasteiger partial charge on any atom is -0.350 e. The summed E-state index contributed by atoms with van der Waals surface area (Å²) >= 11 is 0. The van der Waals surface area contributed by atoms with Crippen LogP contribution in [0.15, 0.2) is 12.4 Å². The predicted octanol–water partition coefficient (Wildman–Crippen LogP) is -0.822. The molecule has 0 bridgehead atoms. The molecule has 2 heterocycles. The molecule has 1 saturated heterocycles. The fourth-order valence-electron chi connectivity index (χ4n) is 1.99. The Morgan fingerprint density at radius 2 is 2.25 bits per heavy atom. The van der Waals surface area contributed by atoms with Crippen LogP contribution in [0.2, 0.25) is 0 Å². The second-order valence-electron chi connectivity index (χ2n) is 4.90. The smallest absolute Gasteiger partial charge is 0.221 e. The van der Waals surface area contributed by atoms with Crippen molar-refractivity contribution in [3.8, 4) is 0 Å². The first-order valence-corrected chi connectivity index (χ1v) is 8.25. The Morgan fingerprint density at radius 1 is 1.45 bits per heavy atom. The van der Waals surface area contributed by atoms with Crippen molar-refractivity contribution in [1.82, 2.24) is 20.6 Å². The van der Waals surface area contributed by atoms with Crippen LogP contribution in [0.3, 0.4) is 0 Å². The lowest BCUT2D eigenvalue weighted by Crippen LogP contribution is -2.47. The lowest BCUT2D eigenvalue weighted by molar-refractivity contribution is -0.121. The summed E-state index contributed by atoms with van der Waals surface area (Å²) in [5.74, 6) is -0.0311. The number of rotatable bonds is 4. The van der Waals surface area contributed by atoms with Crippen LogP contribution in [-0.4, -0.2) is 48.4 Å². The Morgan fingerprint density at radius 3 is 2.90 bits per heavy atom. The first kappa shape index (κ1) is 14.9. The zero-order valence-corrected chi connectivity index (χ0v) is 12.1. The molecular weight excluding hydrogens is 280 g/mol. The highest BCUT2D eigenvalue weighted by molar-refractivity contribution is 7.91. The normalized spacial score (nSPS) is 21.4. The van der Waals surface area contributed by atoms with Crippen LogP contribution in [0.5, 0.6) is 0 Å². The second kappa shape index (κ2) is 6.27. The maximum Gasteiger partial charge on any atom is 0.221 e. The predicted molar refractivity (Wildman–Crippen MR) is 73.7 cm³/mol. The molecular formula is C12H18N4O3S. The molecule has 0 spiro atoms. The third-order valence-electron chi connectivity index (χ3n) is 3.03. The van der Waals surface area contributed by atoms with Crippen molar-refractivity contribution >= 4 is 15.7 Å². The van der Waals surface area contributed by atoms with E-state index in [0.29, 0.717) is 18.8 Å². The van der Waals surface area contributed by atoms with Gasteiger partial charge in [0.1, 0.15) is 0 Å². The Labute approximate surface area is 118 Å².